The van der Waals surface area contributed by atoms with Crippen LogP contribution >= 0.6 is 0 Å². The molecule has 2 saturated heterocycles. The van der Waals surface area contributed by atoms with Crippen LogP contribution in [0.4, 0.5) is 0 Å². The molecule has 2 aliphatic rings. The zero-order chi connectivity index (χ0) is 21.0. The van der Waals surface area contributed by atoms with Gasteiger partial charge in [0.25, 0.3) is 0 Å². The van der Waals surface area contributed by atoms with Crippen LogP contribution in [-0.2, 0) is 23.7 Å². The minimum absolute atomic E-state index is 0.0579. The molecule has 3 N–H and O–H groups in total. The molecule has 8 nitrogen and oxygen atoms in total. The summed E-state index contributed by atoms with van der Waals surface area (Å²) in [4.78, 5) is 11.5. The first-order valence-corrected chi connectivity index (χ1v) is 10.4. The fourth-order valence-electron chi connectivity index (χ4n) is 3.78. The molecule has 2 aliphatic heterocycles. The Kier molecular flexibility index (Phi) is 8.81. The molecule has 2 fully saturated rings. The first-order valence-electron chi connectivity index (χ1n) is 10.4. The number of hydrogen-bond acceptors (Lipinski definition) is 8. The molecule has 10 unspecified atom stereocenters. The van der Waals surface area contributed by atoms with Crippen molar-refractivity contribution in [3.05, 3.63) is 0 Å². The molecule has 0 aromatic heterocycles. The number of ether oxygens (including phenoxy) is 4. The Bertz CT molecular complexity index is 497. The van der Waals surface area contributed by atoms with Gasteiger partial charge in [-0.2, -0.15) is 0 Å². The lowest BCUT2D eigenvalue weighted by Crippen LogP contribution is -2.59. The molecule has 0 aromatic rings. The molecule has 0 saturated carbocycles. The van der Waals surface area contributed by atoms with Crippen molar-refractivity contribution in [2.24, 2.45) is 11.8 Å². The maximum atomic E-state index is 11.5. The molecule has 8 heteroatoms. The Morgan fingerprint density at radius 2 is 1.46 bits per heavy atom. The zero-order valence-corrected chi connectivity index (χ0v) is 17.5. The van der Waals surface area contributed by atoms with Crippen LogP contribution in [0.5, 0.6) is 0 Å². The third-order valence-corrected chi connectivity index (χ3v) is 5.92. The van der Waals surface area contributed by atoms with Gasteiger partial charge in [0.1, 0.15) is 18.8 Å². The Hall–Kier alpha value is -0.610. The predicted molar refractivity (Wildman–Crippen MR) is 100 cm³/mol. The summed E-state index contributed by atoms with van der Waals surface area (Å²) in [5, 5.41) is 31.1. The van der Waals surface area contributed by atoms with Gasteiger partial charge in [0, 0.05) is 18.3 Å². The van der Waals surface area contributed by atoms with Gasteiger partial charge in [0.05, 0.1) is 24.4 Å². The SMILES string of the molecule is CCC(=O)COC1OC(CC)C(OC2OC(CC)C(O)C(O)C2C)C(C)C1O. The first-order chi connectivity index (χ1) is 13.2. The molecule has 0 radical (unpaired) electrons. The largest absolute Gasteiger partial charge is 0.390 e. The fourth-order valence-corrected chi connectivity index (χ4v) is 3.78. The van der Waals surface area contributed by atoms with Crippen LogP contribution in [0.2, 0.25) is 0 Å². The minimum atomic E-state index is -0.964. The lowest BCUT2D eigenvalue weighted by atomic mass is 9.88. The molecular weight excluding hydrogens is 368 g/mol. The molecule has 2 rings (SSSR count). The van der Waals surface area contributed by atoms with Crippen LogP contribution < -0.4 is 0 Å². The quantitative estimate of drug-likeness (QED) is 0.549. The Labute approximate surface area is 167 Å². The average Bonchev–Trinajstić information content (AvgIpc) is 2.70. The standard InChI is InChI=1S/C20H36O8/c1-6-12(21)9-25-20-16(23)10(4)18(14(8-3)27-20)28-19-11(5)15(22)17(24)13(7-2)26-19/h10-11,13-20,22-24H,6-9H2,1-5H3. The lowest BCUT2D eigenvalue weighted by Gasteiger charge is -2.47. The van der Waals surface area contributed by atoms with Crippen molar-refractivity contribution in [2.45, 2.75) is 103 Å². The van der Waals surface area contributed by atoms with Gasteiger partial charge in [-0.05, 0) is 12.8 Å². The summed E-state index contributed by atoms with van der Waals surface area (Å²) >= 11 is 0. The highest BCUT2D eigenvalue weighted by atomic mass is 16.7. The van der Waals surface area contributed by atoms with Crippen LogP contribution in [0.15, 0.2) is 0 Å². The summed E-state index contributed by atoms with van der Waals surface area (Å²) in [7, 11) is 0. The van der Waals surface area contributed by atoms with E-state index in [0.717, 1.165) is 0 Å². The van der Waals surface area contributed by atoms with Crippen LogP contribution in [0.1, 0.15) is 53.9 Å². The monoisotopic (exact) mass is 404 g/mol. The third kappa shape index (κ3) is 5.11. The number of Topliss-reactive ketones (excluding diaryl/α,β-unsaturated/α-hetero) is 1. The van der Waals surface area contributed by atoms with Gasteiger partial charge in [0.2, 0.25) is 0 Å². The van der Waals surface area contributed by atoms with Crippen LogP contribution in [0, 0.1) is 11.8 Å². The summed E-state index contributed by atoms with van der Waals surface area (Å²) in [5.41, 5.74) is 0. The second kappa shape index (κ2) is 10.4. The van der Waals surface area contributed by atoms with E-state index in [4.69, 9.17) is 18.9 Å². The molecule has 2 heterocycles. The van der Waals surface area contributed by atoms with Gasteiger partial charge >= 0.3 is 0 Å². The molecule has 28 heavy (non-hydrogen) atoms. The number of hydrogen-bond donors (Lipinski definition) is 3. The van der Waals surface area contributed by atoms with Crippen molar-refractivity contribution >= 4 is 5.78 Å². The van der Waals surface area contributed by atoms with E-state index >= 15 is 0 Å². The van der Waals surface area contributed by atoms with Gasteiger partial charge in [-0.1, -0.05) is 34.6 Å². The summed E-state index contributed by atoms with van der Waals surface area (Å²) in [6.07, 6.45) is -4.32. The fraction of sp³-hybridized carbons (Fsp3) is 0.950. The highest BCUT2D eigenvalue weighted by Gasteiger charge is 2.48. The molecule has 0 amide bonds. The number of aliphatic hydroxyl groups is 3. The van der Waals surface area contributed by atoms with Crippen molar-refractivity contribution in [2.75, 3.05) is 6.61 Å². The second-order valence-corrected chi connectivity index (χ2v) is 7.90. The van der Waals surface area contributed by atoms with Crippen molar-refractivity contribution < 1.29 is 39.1 Å². The molecule has 0 bridgehead atoms. The summed E-state index contributed by atoms with van der Waals surface area (Å²) < 4.78 is 23.4. The highest BCUT2D eigenvalue weighted by Crippen LogP contribution is 2.35. The smallest absolute Gasteiger partial charge is 0.184 e. The maximum Gasteiger partial charge on any atom is 0.184 e. The van der Waals surface area contributed by atoms with E-state index in [1.165, 1.54) is 0 Å². The van der Waals surface area contributed by atoms with Crippen LogP contribution in [-0.4, -0.2) is 76.9 Å². The molecule has 164 valence electrons. The Morgan fingerprint density at radius 3 is 2.04 bits per heavy atom. The normalized spacial score (nSPS) is 44.4. The van der Waals surface area contributed by atoms with Gasteiger partial charge < -0.3 is 34.3 Å². The van der Waals surface area contributed by atoms with Crippen molar-refractivity contribution in [3.8, 4) is 0 Å². The van der Waals surface area contributed by atoms with E-state index in [1.54, 1.807) is 13.8 Å². The Morgan fingerprint density at radius 1 is 0.857 bits per heavy atom. The van der Waals surface area contributed by atoms with Gasteiger partial charge in [-0.15, -0.1) is 0 Å². The molecule has 0 aliphatic carbocycles. The second-order valence-electron chi connectivity index (χ2n) is 7.90. The summed E-state index contributed by atoms with van der Waals surface area (Å²) in [5.74, 6) is -0.825. The maximum absolute atomic E-state index is 11.5. The van der Waals surface area contributed by atoms with E-state index in [2.05, 4.69) is 0 Å². The van der Waals surface area contributed by atoms with E-state index in [1.807, 2.05) is 20.8 Å². The van der Waals surface area contributed by atoms with Crippen molar-refractivity contribution in [1.82, 2.24) is 0 Å². The number of rotatable bonds is 8. The third-order valence-electron chi connectivity index (χ3n) is 5.92. The number of carbonyl (C=O) groups is 1. The predicted octanol–water partition coefficient (Wildman–Crippen LogP) is 0.992. The van der Waals surface area contributed by atoms with Gasteiger partial charge in [-0.25, -0.2) is 0 Å². The molecule has 0 aromatic carbocycles. The Balaban J connectivity index is 2.07. The van der Waals surface area contributed by atoms with E-state index < -0.39 is 49.0 Å². The summed E-state index contributed by atoms with van der Waals surface area (Å²) in [6.45, 7) is 9.08. The van der Waals surface area contributed by atoms with Gasteiger partial charge in [-0.3, -0.25) is 4.79 Å². The number of ketones is 1. The van der Waals surface area contributed by atoms with Crippen molar-refractivity contribution in [1.29, 1.82) is 0 Å². The van der Waals surface area contributed by atoms with E-state index in [0.29, 0.717) is 19.3 Å². The molecule has 10 atom stereocenters. The highest BCUT2D eigenvalue weighted by molar-refractivity contribution is 5.79. The minimum Gasteiger partial charge on any atom is -0.390 e. The molecular formula is C20H36O8. The number of aliphatic hydroxyl groups excluding tert-OH is 3. The topological polar surface area (TPSA) is 115 Å². The number of carbonyl (C=O) groups excluding carboxylic acids is 1. The van der Waals surface area contributed by atoms with Crippen LogP contribution in [0.3, 0.4) is 0 Å². The van der Waals surface area contributed by atoms with E-state index in [-0.39, 0.29) is 24.4 Å². The molecule has 0 spiro atoms. The average molecular weight is 405 g/mol. The van der Waals surface area contributed by atoms with Gasteiger partial charge in [0.15, 0.2) is 18.4 Å². The lowest BCUT2D eigenvalue weighted by molar-refractivity contribution is -0.339. The zero-order valence-electron chi connectivity index (χ0n) is 17.5. The van der Waals surface area contributed by atoms with E-state index in [9.17, 15) is 20.1 Å². The summed E-state index contributed by atoms with van der Waals surface area (Å²) in [6, 6.07) is 0. The van der Waals surface area contributed by atoms with Crippen molar-refractivity contribution in [3.63, 3.8) is 0 Å². The van der Waals surface area contributed by atoms with Crippen LogP contribution in [0.25, 0.3) is 0 Å². The first kappa shape index (κ1) is 23.7.